The lowest BCUT2D eigenvalue weighted by Crippen LogP contribution is -2.47. The van der Waals surface area contributed by atoms with E-state index in [1.165, 1.54) is 0 Å². The zero-order valence-corrected chi connectivity index (χ0v) is 10.8. The maximum Gasteiger partial charge on any atom is 0.191 e. The van der Waals surface area contributed by atoms with Crippen LogP contribution in [0.3, 0.4) is 0 Å². The Morgan fingerprint density at radius 1 is 1.27 bits per heavy atom. The number of rotatable bonds is 2. The molecule has 88 valence electrons. The van der Waals surface area contributed by atoms with Gasteiger partial charge in [0.15, 0.2) is 5.96 Å². The molecule has 0 amide bonds. The molecule has 1 heterocycles. The van der Waals surface area contributed by atoms with Crippen molar-refractivity contribution >= 4 is 5.96 Å². The molecule has 3 nitrogen and oxygen atoms in total. The molecular formula is C12H25N3. The van der Waals surface area contributed by atoms with Gasteiger partial charge < -0.3 is 10.6 Å². The Morgan fingerprint density at radius 2 is 1.93 bits per heavy atom. The summed E-state index contributed by atoms with van der Waals surface area (Å²) < 4.78 is 0. The molecule has 1 aliphatic rings. The van der Waals surface area contributed by atoms with Gasteiger partial charge in [0, 0.05) is 19.6 Å². The van der Waals surface area contributed by atoms with Crippen molar-refractivity contribution in [1.82, 2.24) is 10.6 Å². The number of hydrogen-bond donors (Lipinski definition) is 2. The molecule has 0 bridgehead atoms. The van der Waals surface area contributed by atoms with Crippen molar-refractivity contribution < 1.29 is 0 Å². The van der Waals surface area contributed by atoms with Gasteiger partial charge in [0.1, 0.15) is 0 Å². The highest BCUT2D eigenvalue weighted by molar-refractivity contribution is 5.80. The Labute approximate surface area is 93.7 Å². The van der Waals surface area contributed by atoms with Gasteiger partial charge in [-0.05, 0) is 17.3 Å². The SMILES string of the molecule is CC(C)(C)C(C)(C)CNC1=NCCCN1. The van der Waals surface area contributed by atoms with Crippen molar-refractivity contribution in [2.75, 3.05) is 19.6 Å². The summed E-state index contributed by atoms with van der Waals surface area (Å²) in [4.78, 5) is 4.41. The predicted octanol–water partition coefficient (Wildman–Crippen LogP) is 2.00. The lowest BCUT2D eigenvalue weighted by Gasteiger charge is -2.39. The molecule has 0 saturated carbocycles. The summed E-state index contributed by atoms with van der Waals surface area (Å²) in [5.74, 6) is 0.971. The third-order valence-electron chi connectivity index (χ3n) is 3.63. The second-order valence-electron chi connectivity index (χ2n) is 6.00. The van der Waals surface area contributed by atoms with Crippen molar-refractivity contribution in [2.24, 2.45) is 15.8 Å². The normalized spacial score (nSPS) is 18.1. The van der Waals surface area contributed by atoms with Gasteiger partial charge in [-0.2, -0.15) is 0 Å². The molecule has 0 saturated heterocycles. The minimum Gasteiger partial charge on any atom is -0.356 e. The lowest BCUT2D eigenvalue weighted by atomic mass is 9.69. The zero-order chi connectivity index (χ0) is 11.5. The van der Waals surface area contributed by atoms with E-state index >= 15 is 0 Å². The van der Waals surface area contributed by atoms with E-state index in [2.05, 4.69) is 50.2 Å². The maximum absolute atomic E-state index is 4.41. The van der Waals surface area contributed by atoms with Crippen LogP contribution in [0.5, 0.6) is 0 Å². The Bertz CT molecular complexity index is 236. The van der Waals surface area contributed by atoms with E-state index in [-0.39, 0.29) is 5.41 Å². The first-order valence-electron chi connectivity index (χ1n) is 5.85. The van der Waals surface area contributed by atoms with Crippen LogP contribution in [0, 0.1) is 10.8 Å². The zero-order valence-electron chi connectivity index (χ0n) is 10.8. The van der Waals surface area contributed by atoms with Gasteiger partial charge in [-0.15, -0.1) is 0 Å². The molecule has 0 fully saturated rings. The number of hydrogen-bond acceptors (Lipinski definition) is 3. The molecule has 0 radical (unpaired) electrons. The summed E-state index contributed by atoms with van der Waals surface area (Å²) in [6, 6.07) is 0. The molecule has 0 atom stereocenters. The number of guanidine groups is 1. The van der Waals surface area contributed by atoms with E-state index in [1.54, 1.807) is 0 Å². The van der Waals surface area contributed by atoms with Crippen molar-refractivity contribution in [3.8, 4) is 0 Å². The van der Waals surface area contributed by atoms with E-state index in [9.17, 15) is 0 Å². The first-order chi connectivity index (χ1) is 6.83. The fourth-order valence-corrected chi connectivity index (χ4v) is 1.22. The lowest BCUT2D eigenvalue weighted by molar-refractivity contribution is 0.136. The molecule has 0 aromatic carbocycles. The second-order valence-corrected chi connectivity index (χ2v) is 6.00. The van der Waals surface area contributed by atoms with Crippen LogP contribution in [0.2, 0.25) is 0 Å². The summed E-state index contributed by atoms with van der Waals surface area (Å²) in [7, 11) is 0. The van der Waals surface area contributed by atoms with Crippen LogP contribution < -0.4 is 10.6 Å². The van der Waals surface area contributed by atoms with E-state index < -0.39 is 0 Å². The monoisotopic (exact) mass is 211 g/mol. The van der Waals surface area contributed by atoms with E-state index in [0.717, 1.165) is 32.0 Å². The Balaban J connectivity index is 2.45. The molecule has 0 aromatic rings. The third-order valence-corrected chi connectivity index (χ3v) is 3.63. The molecule has 3 heteroatoms. The van der Waals surface area contributed by atoms with E-state index in [1.807, 2.05) is 0 Å². The van der Waals surface area contributed by atoms with Crippen LogP contribution in [0.25, 0.3) is 0 Å². The smallest absolute Gasteiger partial charge is 0.191 e. The molecule has 0 aliphatic carbocycles. The molecule has 0 aromatic heterocycles. The summed E-state index contributed by atoms with van der Waals surface area (Å²) in [5, 5.41) is 6.69. The fourth-order valence-electron chi connectivity index (χ4n) is 1.22. The van der Waals surface area contributed by atoms with E-state index in [0.29, 0.717) is 5.41 Å². The van der Waals surface area contributed by atoms with Crippen LogP contribution in [-0.4, -0.2) is 25.6 Å². The number of nitrogens with one attached hydrogen (secondary N) is 2. The van der Waals surface area contributed by atoms with Crippen LogP contribution in [0.15, 0.2) is 4.99 Å². The number of nitrogens with zero attached hydrogens (tertiary/aromatic N) is 1. The quantitative estimate of drug-likeness (QED) is 0.733. The second kappa shape index (κ2) is 4.42. The van der Waals surface area contributed by atoms with Crippen LogP contribution in [-0.2, 0) is 0 Å². The topological polar surface area (TPSA) is 36.4 Å². The maximum atomic E-state index is 4.41. The van der Waals surface area contributed by atoms with Gasteiger partial charge in [-0.25, -0.2) is 0 Å². The van der Waals surface area contributed by atoms with Gasteiger partial charge in [0.25, 0.3) is 0 Å². The van der Waals surface area contributed by atoms with Crippen molar-refractivity contribution in [2.45, 2.75) is 41.0 Å². The standard InChI is InChI=1S/C12H25N3/c1-11(2,3)12(4,5)9-15-10-13-7-6-8-14-10/h6-9H2,1-5H3,(H2,13,14,15). The third kappa shape index (κ3) is 3.40. The van der Waals surface area contributed by atoms with E-state index in [4.69, 9.17) is 0 Å². The van der Waals surface area contributed by atoms with Crippen LogP contribution in [0.4, 0.5) is 0 Å². The minimum absolute atomic E-state index is 0.259. The Hall–Kier alpha value is -0.730. The highest BCUT2D eigenvalue weighted by Gasteiger charge is 2.32. The van der Waals surface area contributed by atoms with Crippen molar-refractivity contribution in [3.63, 3.8) is 0 Å². The molecule has 1 aliphatic heterocycles. The fraction of sp³-hybridized carbons (Fsp3) is 0.917. The summed E-state index contributed by atoms with van der Waals surface area (Å²) in [5.41, 5.74) is 0.559. The van der Waals surface area contributed by atoms with Gasteiger partial charge in [0.05, 0.1) is 0 Å². The molecule has 1 rings (SSSR count). The highest BCUT2D eigenvalue weighted by Crippen LogP contribution is 2.36. The molecule has 15 heavy (non-hydrogen) atoms. The Morgan fingerprint density at radius 3 is 2.40 bits per heavy atom. The summed E-state index contributed by atoms with van der Waals surface area (Å²) in [6.45, 7) is 14.4. The molecule has 2 N–H and O–H groups in total. The average Bonchev–Trinajstić information content (AvgIpc) is 2.15. The van der Waals surface area contributed by atoms with Crippen LogP contribution in [0.1, 0.15) is 41.0 Å². The summed E-state index contributed by atoms with van der Waals surface area (Å²) in [6.07, 6.45) is 1.15. The first kappa shape index (κ1) is 12.3. The highest BCUT2D eigenvalue weighted by atomic mass is 15.2. The molecule has 0 spiro atoms. The number of aliphatic imine (C=N–C) groups is 1. The van der Waals surface area contributed by atoms with Crippen molar-refractivity contribution in [3.05, 3.63) is 0 Å². The van der Waals surface area contributed by atoms with Gasteiger partial charge in [-0.1, -0.05) is 34.6 Å². The molecule has 0 unspecified atom stereocenters. The predicted molar refractivity (Wildman–Crippen MR) is 66.2 cm³/mol. The molecular weight excluding hydrogens is 186 g/mol. The Kier molecular flexibility index (Phi) is 3.63. The largest absolute Gasteiger partial charge is 0.356 e. The average molecular weight is 211 g/mol. The summed E-state index contributed by atoms with van der Waals surface area (Å²) >= 11 is 0. The van der Waals surface area contributed by atoms with Gasteiger partial charge in [0.2, 0.25) is 0 Å². The van der Waals surface area contributed by atoms with Crippen LogP contribution >= 0.6 is 0 Å². The first-order valence-corrected chi connectivity index (χ1v) is 5.85. The minimum atomic E-state index is 0.259. The van der Waals surface area contributed by atoms with Gasteiger partial charge >= 0.3 is 0 Å². The van der Waals surface area contributed by atoms with Crippen molar-refractivity contribution in [1.29, 1.82) is 0 Å². The van der Waals surface area contributed by atoms with Gasteiger partial charge in [-0.3, -0.25) is 4.99 Å².